The molecule has 0 saturated heterocycles. The second-order valence-electron chi connectivity index (χ2n) is 3.86. The molecule has 0 radical (unpaired) electrons. The topological polar surface area (TPSA) is 35.5 Å². The average molecular weight is 325 g/mol. The lowest BCUT2D eigenvalue weighted by Gasteiger charge is -2.25. The maximum Gasteiger partial charge on any atom is 0.208 e. The van der Waals surface area contributed by atoms with Gasteiger partial charge in [-0.25, -0.2) is 0 Å². The van der Waals surface area contributed by atoms with Crippen LogP contribution in [0.5, 0.6) is 11.5 Å². The minimum atomic E-state index is -0.578. The van der Waals surface area contributed by atoms with Crippen molar-refractivity contribution >= 4 is 33.0 Å². The highest BCUT2D eigenvalue weighted by Crippen LogP contribution is 2.32. The van der Waals surface area contributed by atoms with E-state index in [1.165, 1.54) is 11.3 Å². The molecule has 1 aliphatic heterocycles. The quantitative estimate of drug-likeness (QED) is 0.793. The number of ketones is 1. The van der Waals surface area contributed by atoms with Gasteiger partial charge in [-0.05, 0) is 28.1 Å². The number of hydrogen-bond acceptors (Lipinski definition) is 4. The van der Waals surface area contributed by atoms with Crippen LogP contribution in [0.2, 0.25) is 0 Å². The van der Waals surface area contributed by atoms with Gasteiger partial charge in [-0.3, -0.25) is 4.79 Å². The molecule has 0 N–H and O–H groups in total. The Morgan fingerprint density at radius 2 is 2.06 bits per heavy atom. The zero-order valence-electron chi connectivity index (χ0n) is 9.26. The van der Waals surface area contributed by atoms with Gasteiger partial charge in [0.15, 0.2) is 17.6 Å². The molecule has 1 aromatic heterocycles. The number of hydrogen-bond donors (Lipinski definition) is 0. The summed E-state index contributed by atoms with van der Waals surface area (Å²) in [6.45, 7) is 0.248. The van der Waals surface area contributed by atoms with E-state index in [4.69, 9.17) is 9.47 Å². The van der Waals surface area contributed by atoms with Crippen molar-refractivity contribution in [3.05, 3.63) is 45.1 Å². The third-order valence-corrected chi connectivity index (χ3v) is 4.38. The van der Waals surface area contributed by atoms with Crippen LogP contribution in [-0.2, 0) is 0 Å². The third-order valence-electron chi connectivity index (χ3n) is 2.68. The zero-order chi connectivity index (χ0) is 12.5. The summed E-state index contributed by atoms with van der Waals surface area (Å²) in [6.07, 6.45) is -0.578. The van der Waals surface area contributed by atoms with Crippen molar-refractivity contribution in [2.75, 3.05) is 6.61 Å². The summed E-state index contributed by atoms with van der Waals surface area (Å²) in [7, 11) is 0. The van der Waals surface area contributed by atoms with Crippen molar-refractivity contribution in [3.63, 3.8) is 0 Å². The van der Waals surface area contributed by atoms with Gasteiger partial charge in [-0.1, -0.05) is 12.1 Å². The minimum Gasteiger partial charge on any atom is -0.485 e. The Morgan fingerprint density at radius 1 is 1.28 bits per heavy atom. The zero-order valence-corrected chi connectivity index (χ0v) is 11.7. The first-order valence-corrected chi connectivity index (χ1v) is 7.13. The molecule has 5 heteroatoms. The van der Waals surface area contributed by atoms with Gasteiger partial charge < -0.3 is 9.47 Å². The Labute approximate surface area is 116 Å². The lowest BCUT2D eigenvalue weighted by Crippen LogP contribution is -2.36. The maximum absolute atomic E-state index is 12.3. The largest absolute Gasteiger partial charge is 0.485 e. The van der Waals surface area contributed by atoms with Crippen molar-refractivity contribution in [3.8, 4) is 11.5 Å². The summed E-state index contributed by atoms with van der Waals surface area (Å²) in [5, 5.41) is 3.70. The number of para-hydroxylation sites is 2. The minimum absolute atomic E-state index is 0.0578. The second-order valence-corrected chi connectivity index (χ2v) is 5.46. The standard InChI is InChI=1S/C13H9BrO3S/c14-9-7-18-6-8(9)13(15)12-5-16-10-3-1-2-4-11(10)17-12/h1-4,6-7,12H,5H2. The number of ether oxygens (including phenoxy) is 2. The molecule has 2 aromatic rings. The van der Waals surface area contributed by atoms with Gasteiger partial charge in [0.25, 0.3) is 0 Å². The highest BCUT2D eigenvalue weighted by atomic mass is 79.9. The molecule has 0 aliphatic carbocycles. The Morgan fingerprint density at radius 3 is 2.78 bits per heavy atom. The normalized spacial score (nSPS) is 17.5. The predicted molar refractivity (Wildman–Crippen MR) is 72.7 cm³/mol. The molecule has 0 spiro atoms. The summed E-state index contributed by atoms with van der Waals surface area (Å²) >= 11 is 4.84. The highest BCUT2D eigenvalue weighted by molar-refractivity contribution is 9.10. The summed E-state index contributed by atoms with van der Waals surface area (Å²) in [4.78, 5) is 12.3. The van der Waals surface area contributed by atoms with Crippen LogP contribution in [0, 0.1) is 0 Å². The van der Waals surface area contributed by atoms with E-state index in [2.05, 4.69) is 15.9 Å². The van der Waals surface area contributed by atoms with Gasteiger partial charge in [0.1, 0.15) is 6.61 Å². The van der Waals surface area contributed by atoms with E-state index >= 15 is 0 Å². The van der Waals surface area contributed by atoms with Gasteiger partial charge in [0.2, 0.25) is 5.78 Å². The smallest absolute Gasteiger partial charge is 0.208 e. The summed E-state index contributed by atoms with van der Waals surface area (Å²) in [5.74, 6) is 1.25. The van der Waals surface area contributed by atoms with Gasteiger partial charge in [0, 0.05) is 20.8 Å². The lowest BCUT2D eigenvalue weighted by atomic mass is 10.1. The van der Waals surface area contributed by atoms with Gasteiger partial charge in [-0.2, -0.15) is 11.3 Å². The molecule has 18 heavy (non-hydrogen) atoms. The maximum atomic E-state index is 12.3. The lowest BCUT2D eigenvalue weighted by molar-refractivity contribution is 0.0585. The van der Waals surface area contributed by atoms with Crippen LogP contribution in [0.25, 0.3) is 0 Å². The fourth-order valence-corrected chi connectivity index (χ4v) is 3.26. The molecular formula is C13H9BrO3S. The number of rotatable bonds is 2. The Kier molecular flexibility index (Phi) is 3.09. The number of carbonyl (C=O) groups excluding carboxylic acids is 1. The molecule has 0 amide bonds. The molecule has 1 unspecified atom stereocenters. The monoisotopic (exact) mass is 324 g/mol. The van der Waals surface area contributed by atoms with Gasteiger partial charge >= 0.3 is 0 Å². The molecule has 1 aromatic carbocycles. The van der Waals surface area contributed by atoms with E-state index in [9.17, 15) is 4.79 Å². The second kappa shape index (κ2) is 4.74. The van der Waals surface area contributed by atoms with Crippen molar-refractivity contribution in [2.45, 2.75) is 6.10 Å². The predicted octanol–water partition coefficient (Wildman–Crippen LogP) is 3.53. The fraction of sp³-hybridized carbons (Fsp3) is 0.154. The first kappa shape index (κ1) is 11.7. The van der Waals surface area contributed by atoms with Gasteiger partial charge in [0.05, 0.1) is 0 Å². The molecule has 0 bridgehead atoms. The number of benzene rings is 1. The Hall–Kier alpha value is -1.33. The number of thiophene rings is 1. The summed E-state index contributed by atoms with van der Waals surface area (Å²) in [6, 6.07) is 7.36. The van der Waals surface area contributed by atoms with Crippen LogP contribution in [-0.4, -0.2) is 18.5 Å². The number of Topliss-reactive ketones (excluding diaryl/α,β-unsaturated/α-hetero) is 1. The first-order chi connectivity index (χ1) is 8.75. The van der Waals surface area contributed by atoms with Gasteiger partial charge in [-0.15, -0.1) is 0 Å². The number of halogens is 1. The van der Waals surface area contributed by atoms with E-state index in [1.807, 2.05) is 29.0 Å². The molecule has 3 rings (SSSR count). The van der Waals surface area contributed by atoms with Crippen molar-refractivity contribution < 1.29 is 14.3 Å². The van der Waals surface area contributed by atoms with E-state index in [0.717, 1.165) is 4.47 Å². The van der Waals surface area contributed by atoms with Crippen molar-refractivity contribution in [2.24, 2.45) is 0 Å². The first-order valence-electron chi connectivity index (χ1n) is 5.40. The molecule has 92 valence electrons. The average Bonchev–Trinajstić information content (AvgIpc) is 2.83. The van der Waals surface area contributed by atoms with Crippen LogP contribution in [0.1, 0.15) is 10.4 Å². The van der Waals surface area contributed by atoms with E-state index in [-0.39, 0.29) is 12.4 Å². The van der Waals surface area contributed by atoms with Crippen LogP contribution >= 0.6 is 27.3 Å². The summed E-state index contributed by atoms with van der Waals surface area (Å²) in [5.41, 5.74) is 0.646. The fourth-order valence-electron chi connectivity index (χ4n) is 1.78. The van der Waals surface area contributed by atoms with Crippen LogP contribution in [0.4, 0.5) is 0 Å². The van der Waals surface area contributed by atoms with Crippen LogP contribution in [0.15, 0.2) is 39.5 Å². The molecule has 0 fully saturated rings. The van der Waals surface area contributed by atoms with Crippen LogP contribution < -0.4 is 9.47 Å². The van der Waals surface area contributed by atoms with Crippen molar-refractivity contribution in [1.29, 1.82) is 0 Å². The Bertz CT molecular complexity index is 593. The molecule has 2 heterocycles. The number of fused-ring (bicyclic) bond motifs is 1. The van der Waals surface area contributed by atoms with Crippen LogP contribution in [0.3, 0.4) is 0 Å². The molecule has 1 atom stereocenters. The summed E-state index contributed by atoms with van der Waals surface area (Å²) < 4.78 is 12.0. The van der Waals surface area contributed by atoms with E-state index in [1.54, 1.807) is 6.07 Å². The van der Waals surface area contributed by atoms with Crippen molar-refractivity contribution in [1.82, 2.24) is 0 Å². The SMILES string of the molecule is O=C(c1cscc1Br)C1COc2ccccc2O1. The van der Waals surface area contributed by atoms with E-state index in [0.29, 0.717) is 17.1 Å². The van der Waals surface area contributed by atoms with E-state index < -0.39 is 6.10 Å². The Balaban J connectivity index is 1.84. The molecule has 0 saturated carbocycles. The highest BCUT2D eigenvalue weighted by Gasteiger charge is 2.29. The number of carbonyl (C=O) groups is 1. The molecule has 3 nitrogen and oxygen atoms in total. The molecule has 1 aliphatic rings. The third kappa shape index (κ3) is 2.04. The molecular weight excluding hydrogens is 316 g/mol.